The molecular formula is C6H9BrO2. The second kappa shape index (κ2) is 3.20. The first-order valence-electron chi connectivity index (χ1n) is 3.09. The molecule has 3 heteroatoms. The van der Waals surface area contributed by atoms with E-state index in [0.29, 0.717) is 17.9 Å². The molecule has 0 spiro atoms. The second-order valence-electron chi connectivity index (χ2n) is 2.15. The van der Waals surface area contributed by atoms with Crippen LogP contribution in [0.4, 0.5) is 0 Å². The Morgan fingerprint density at radius 3 is 3.11 bits per heavy atom. The highest BCUT2D eigenvalue weighted by Crippen LogP contribution is 2.16. The van der Waals surface area contributed by atoms with Gasteiger partial charge in [0, 0.05) is 11.2 Å². The van der Waals surface area contributed by atoms with E-state index in [0.717, 1.165) is 12.8 Å². The van der Waals surface area contributed by atoms with Gasteiger partial charge in [0.1, 0.15) is 0 Å². The molecule has 1 atom stereocenters. The van der Waals surface area contributed by atoms with Crippen LogP contribution in [0.3, 0.4) is 0 Å². The average Bonchev–Trinajstić information content (AvgIpc) is 1.97. The fourth-order valence-electron chi connectivity index (χ4n) is 0.792. The van der Waals surface area contributed by atoms with E-state index in [1.165, 1.54) is 0 Å². The van der Waals surface area contributed by atoms with Gasteiger partial charge in [-0.15, -0.1) is 0 Å². The Labute approximate surface area is 62.7 Å². The molecule has 0 radical (unpaired) electrons. The van der Waals surface area contributed by atoms with Crippen molar-refractivity contribution < 1.29 is 9.53 Å². The number of carbonyl (C=O) groups is 1. The maximum absolute atomic E-state index is 10.6. The lowest BCUT2D eigenvalue weighted by Gasteiger charge is -1.98. The number of cyclic esters (lactones) is 1. The third-order valence-corrected chi connectivity index (χ3v) is 2.27. The van der Waals surface area contributed by atoms with Crippen molar-refractivity contribution in [3.8, 4) is 0 Å². The first-order valence-corrected chi connectivity index (χ1v) is 4.00. The first kappa shape index (κ1) is 7.06. The predicted molar refractivity (Wildman–Crippen MR) is 37.5 cm³/mol. The molecule has 0 unspecified atom stereocenters. The molecule has 0 aromatic carbocycles. The summed E-state index contributed by atoms with van der Waals surface area (Å²) in [6.07, 6.45) is 2.43. The lowest BCUT2D eigenvalue weighted by atomic mass is 10.2. The van der Waals surface area contributed by atoms with Crippen LogP contribution >= 0.6 is 15.9 Å². The first-order chi connectivity index (χ1) is 4.29. The lowest BCUT2D eigenvalue weighted by Crippen LogP contribution is -2.00. The minimum atomic E-state index is -0.0584. The van der Waals surface area contributed by atoms with Crippen LogP contribution < -0.4 is 0 Å². The van der Waals surface area contributed by atoms with Crippen molar-refractivity contribution in [2.24, 2.45) is 0 Å². The summed E-state index contributed by atoms with van der Waals surface area (Å²) in [5.41, 5.74) is 0. The van der Waals surface area contributed by atoms with Gasteiger partial charge in [-0.3, -0.25) is 4.79 Å². The molecule has 0 aromatic rings. The zero-order valence-electron chi connectivity index (χ0n) is 5.10. The summed E-state index contributed by atoms with van der Waals surface area (Å²) >= 11 is 3.43. The van der Waals surface area contributed by atoms with Crippen molar-refractivity contribution in [3.05, 3.63) is 0 Å². The van der Waals surface area contributed by atoms with Crippen LogP contribution in [0.25, 0.3) is 0 Å². The fraction of sp³-hybridized carbons (Fsp3) is 0.833. The van der Waals surface area contributed by atoms with E-state index in [1.54, 1.807) is 0 Å². The molecule has 0 amide bonds. The van der Waals surface area contributed by atoms with Gasteiger partial charge in [-0.2, -0.15) is 0 Å². The zero-order valence-corrected chi connectivity index (χ0v) is 6.69. The van der Waals surface area contributed by atoms with Crippen LogP contribution in [-0.4, -0.2) is 17.4 Å². The van der Waals surface area contributed by atoms with Gasteiger partial charge in [-0.25, -0.2) is 0 Å². The Bertz CT molecular complexity index is 114. The standard InChI is InChI=1S/C6H9BrO2/c7-5-1-2-6(8)9-4-3-5/h5H,1-4H2/t5-/m0/s1. The Kier molecular flexibility index (Phi) is 2.51. The van der Waals surface area contributed by atoms with Gasteiger partial charge in [0.25, 0.3) is 0 Å². The van der Waals surface area contributed by atoms with Crippen LogP contribution in [-0.2, 0) is 9.53 Å². The highest BCUT2D eigenvalue weighted by molar-refractivity contribution is 9.09. The van der Waals surface area contributed by atoms with Crippen LogP contribution in [0.15, 0.2) is 0 Å². The Hall–Kier alpha value is -0.0500. The van der Waals surface area contributed by atoms with E-state index in [9.17, 15) is 4.79 Å². The molecule has 1 saturated heterocycles. The third kappa shape index (κ3) is 2.35. The summed E-state index contributed by atoms with van der Waals surface area (Å²) in [5, 5.41) is 0. The molecule has 0 N–H and O–H groups in total. The van der Waals surface area contributed by atoms with Gasteiger partial charge in [-0.1, -0.05) is 15.9 Å². The zero-order chi connectivity index (χ0) is 6.69. The lowest BCUT2D eigenvalue weighted by molar-refractivity contribution is -0.142. The highest BCUT2D eigenvalue weighted by atomic mass is 79.9. The fourth-order valence-corrected chi connectivity index (χ4v) is 1.21. The maximum atomic E-state index is 10.6. The summed E-state index contributed by atoms with van der Waals surface area (Å²) < 4.78 is 4.80. The van der Waals surface area contributed by atoms with Gasteiger partial charge in [-0.05, 0) is 12.8 Å². The molecule has 1 aliphatic heterocycles. The van der Waals surface area contributed by atoms with E-state index >= 15 is 0 Å². The molecule has 0 aliphatic carbocycles. The number of hydrogen-bond donors (Lipinski definition) is 0. The number of alkyl halides is 1. The summed E-state index contributed by atoms with van der Waals surface area (Å²) in [7, 11) is 0. The minimum absolute atomic E-state index is 0.0584. The SMILES string of the molecule is O=C1CC[C@H](Br)CCO1. The molecular weight excluding hydrogens is 184 g/mol. The van der Waals surface area contributed by atoms with Crippen LogP contribution in [0.5, 0.6) is 0 Å². The molecule has 1 fully saturated rings. The summed E-state index contributed by atoms with van der Waals surface area (Å²) in [5.74, 6) is -0.0584. The van der Waals surface area contributed by atoms with E-state index in [-0.39, 0.29) is 5.97 Å². The maximum Gasteiger partial charge on any atom is 0.305 e. The number of ether oxygens (including phenoxy) is 1. The molecule has 52 valence electrons. The highest BCUT2D eigenvalue weighted by Gasteiger charge is 2.13. The summed E-state index contributed by atoms with van der Waals surface area (Å²) in [6, 6.07) is 0. The van der Waals surface area contributed by atoms with Gasteiger partial charge < -0.3 is 4.74 Å². The molecule has 0 saturated carbocycles. The van der Waals surface area contributed by atoms with Gasteiger partial charge in [0.15, 0.2) is 0 Å². The minimum Gasteiger partial charge on any atom is -0.466 e. The quantitative estimate of drug-likeness (QED) is 0.430. The predicted octanol–water partition coefficient (Wildman–Crippen LogP) is 1.48. The molecule has 9 heavy (non-hydrogen) atoms. The summed E-state index contributed by atoms with van der Waals surface area (Å²) in [6.45, 7) is 0.578. The van der Waals surface area contributed by atoms with Crippen molar-refractivity contribution in [1.29, 1.82) is 0 Å². The van der Waals surface area contributed by atoms with Gasteiger partial charge in [0.2, 0.25) is 0 Å². The largest absolute Gasteiger partial charge is 0.466 e. The molecule has 1 heterocycles. The topological polar surface area (TPSA) is 26.3 Å². The Morgan fingerprint density at radius 2 is 2.33 bits per heavy atom. The van der Waals surface area contributed by atoms with Crippen LogP contribution in [0.1, 0.15) is 19.3 Å². The number of carbonyl (C=O) groups excluding carboxylic acids is 1. The average molecular weight is 193 g/mol. The van der Waals surface area contributed by atoms with Crippen molar-refractivity contribution in [2.45, 2.75) is 24.1 Å². The van der Waals surface area contributed by atoms with Crippen molar-refractivity contribution in [2.75, 3.05) is 6.61 Å². The van der Waals surface area contributed by atoms with Crippen molar-refractivity contribution in [3.63, 3.8) is 0 Å². The van der Waals surface area contributed by atoms with Gasteiger partial charge >= 0.3 is 5.97 Å². The van der Waals surface area contributed by atoms with Crippen LogP contribution in [0, 0.1) is 0 Å². The number of rotatable bonds is 0. The summed E-state index contributed by atoms with van der Waals surface area (Å²) in [4.78, 5) is 11.1. The molecule has 0 aromatic heterocycles. The van der Waals surface area contributed by atoms with Crippen molar-refractivity contribution in [1.82, 2.24) is 0 Å². The monoisotopic (exact) mass is 192 g/mol. The molecule has 2 nitrogen and oxygen atoms in total. The smallest absolute Gasteiger partial charge is 0.305 e. The normalized spacial score (nSPS) is 29.0. The third-order valence-electron chi connectivity index (χ3n) is 1.36. The van der Waals surface area contributed by atoms with E-state index < -0.39 is 0 Å². The number of hydrogen-bond acceptors (Lipinski definition) is 2. The van der Waals surface area contributed by atoms with Crippen molar-refractivity contribution >= 4 is 21.9 Å². The molecule has 0 bridgehead atoms. The van der Waals surface area contributed by atoms with E-state index in [2.05, 4.69) is 15.9 Å². The number of esters is 1. The molecule has 1 rings (SSSR count). The van der Waals surface area contributed by atoms with E-state index in [4.69, 9.17) is 4.74 Å². The second-order valence-corrected chi connectivity index (χ2v) is 3.44. The Morgan fingerprint density at radius 1 is 1.56 bits per heavy atom. The Balaban J connectivity index is 2.34. The van der Waals surface area contributed by atoms with Crippen LogP contribution in [0.2, 0.25) is 0 Å². The van der Waals surface area contributed by atoms with Gasteiger partial charge in [0.05, 0.1) is 6.61 Å². The molecule has 1 aliphatic rings. The number of halogens is 1. The van der Waals surface area contributed by atoms with E-state index in [1.807, 2.05) is 0 Å².